The van der Waals surface area contributed by atoms with Crippen molar-refractivity contribution in [3.8, 4) is 11.5 Å². The van der Waals surface area contributed by atoms with Gasteiger partial charge in [0.25, 0.3) is 5.91 Å². The first-order chi connectivity index (χ1) is 11.5. The lowest BCUT2D eigenvalue weighted by Gasteiger charge is -2.31. The molecule has 0 atom stereocenters. The van der Waals surface area contributed by atoms with Gasteiger partial charge in [-0.3, -0.25) is 4.79 Å². The molecular weight excluding hydrogens is 328 g/mol. The van der Waals surface area contributed by atoms with E-state index in [4.69, 9.17) is 21.1 Å². The molecule has 124 valence electrons. The number of aromatic nitrogens is 1. The summed E-state index contributed by atoms with van der Waals surface area (Å²) in [5.74, 6) is 1.13. The minimum Gasteiger partial charge on any atom is -0.493 e. The predicted octanol–water partition coefficient (Wildman–Crippen LogP) is 3.42. The van der Waals surface area contributed by atoms with E-state index in [0.29, 0.717) is 40.9 Å². The summed E-state index contributed by atoms with van der Waals surface area (Å²) < 4.78 is 10.7. The van der Waals surface area contributed by atoms with Gasteiger partial charge in [-0.2, -0.15) is 0 Å². The van der Waals surface area contributed by atoms with Crippen LogP contribution in [0.1, 0.15) is 21.5 Å². The number of nitrogens with zero attached hydrogens (tertiary/aromatic N) is 2. The van der Waals surface area contributed by atoms with Crippen LogP contribution in [0.3, 0.4) is 0 Å². The highest BCUT2D eigenvalue weighted by Gasteiger charge is 2.27. The number of halogens is 1. The zero-order chi connectivity index (χ0) is 17.3. The van der Waals surface area contributed by atoms with E-state index in [1.807, 2.05) is 12.1 Å². The van der Waals surface area contributed by atoms with Crippen LogP contribution in [0.25, 0.3) is 5.70 Å². The van der Waals surface area contributed by atoms with Gasteiger partial charge in [0, 0.05) is 24.0 Å². The SMILES string of the molecule is C=C1c2cc(OC)c(OC)cc2CCN1C(=O)c1ccc(Cl)nc1. The maximum Gasteiger partial charge on any atom is 0.259 e. The van der Waals surface area contributed by atoms with Crippen molar-refractivity contribution < 1.29 is 14.3 Å². The highest BCUT2D eigenvalue weighted by molar-refractivity contribution is 6.29. The third-order valence-electron chi connectivity index (χ3n) is 4.07. The molecule has 3 rings (SSSR count). The molecule has 0 spiro atoms. The minimum absolute atomic E-state index is 0.149. The second-order valence-electron chi connectivity index (χ2n) is 5.39. The van der Waals surface area contributed by atoms with Gasteiger partial charge in [-0.1, -0.05) is 18.2 Å². The lowest BCUT2D eigenvalue weighted by atomic mass is 9.95. The van der Waals surface area contributed by atoms with Crippen LogP contribution in [0, 0.1) is 0 Å². The van der Waals surface area contributed by atoms with Crippen LogP contribution in [0.4, 0.5) is 0 Å². The Hall–Kier alpha value is -2.53. The molecule has 1 aliphatic rings. The van der Waals surface area contributed by atoms with E-state index < -0.39 is 0 Å². The summed E-state index contributed by atoms with van der Waals surface area (Å²) in [6.07, 6.45) is 2.18. The average molecular weight is 345 g/mol. The highest BCUT2D eigenvalue weighted by Crippen LogP contribution is 2.37. The van der Waals surface area contributed by atoms with Crippen molar-refractivity contribution in [2.45, 2.75) is 6.42 Å². The highest BCUT2D eigenvalue weighted by atomic mass is 35.5. The van der Waals surface area contributed by atoms with Crippen LogP contribution in [0.15, 0.2) is 37.0 Å². The van der Waals surface area contributed by atoms with Gasteiger partial charge in [0.05, 0.1) is 19.8 Å². The Morgan fingerprint density at radius 1 is 1.25 bits per heavy atom. The van der Waals surface area contributed by atoms with Gasteiger partial charge < -0.3 is 14.4 Å². The Morgan fingerprint density at radius 3 is 2.58 bits per heavy atom. The first-order valence-corrected chi connectivity index (χ1v) is 7.80. The maximum absolute atomic E-state index is 12.7. The lowest BCUT2D eigenvalue weighted by Crippen LogP contribution is -2.34. The van der Waals surface area contributed by atoms with E-state index >= 15 is 0 Å². The largest absolute Gasteiger partial charge is 0.493 e. The summed E-state index contributed by atoms with van der Waals surface area (Å²) in [6.45, 7) is 4.64. The van der Waals surface area contributed by atoms with Crippen LogP contribution in [0.2, 0.25) is 5.15 Å². The van der Waals surface area contributed by atoms with Crippen molar-refractivity contribution in [3.05, 3.63) is 58.9 Å². The number of carbonyl (C=O) groups is 1. The van der Waals surface area contributed by atoms with Crippen LogP contribution in [0.5, 0.6) is 11.5 Å². The minimum atomic E-state index is -0.149. The first kappa shape index (κ1) is 16.3. The summed E-state index contributed by atoms with van der Waals surface area (Å²) in [4.78, 5) is 18.4. The van der Waals surface area contributed by atoms with Crippen LogP contribution in [-0.4, -0.2) is 36.6 Å². The number of hydrogen-bond donors (Lipinski definition) is 0. The summed E-state index contributed by atoms with van der Waals surface area (Å²) in [7, 11) is 3.18. The number of fused-ring (bicyclic) bond motifs is 1. The third kappa shape index (κ3) is 2.83. The van der Waals surface area contributed by atoms with E-state index in [2.05, 4.69) is 11.6 Å². The molecule has 6 heteroatoms. The summed E-state index contributed by atoms with van der Waals surface area (Å²) in [5, 5.41) is 0.353. The fraction of sp³-hybridized carbons (Fsp3) is 0.222. The number of rotatable bonds is 3. The lowest BCUT2D eigenvalue weighted by molar-refractivity contribution is 0.0833. The van der Waals surface area contributed by atoms with Gasteiger partial charge in [-0.25, -0.2) is 4.98 Å². The van der Waals surface area contributed by atoms with E-state index in [9.17, 15) is 4.79 Å². The van der Waals surface area contributed by atoms with Crippen molar-refractivity contribution >= 4 is 23.2 Å². The molecule has 2 aromatic rings. The van der Waals surface area contributed by atoms with Crippen LogP contribution < -0.4 is 9.47 Å². The van der Waals surface area contributed by atoms with Crippen molar-refractivity contribution in [2.75, 3.05) is 20.8 Å². The topological polar surface area (TPSA) is 51.7 Å². The van der Waals surface area contributed by atoms with Crippen LogP contribution >= 0.6 is 11.6 Å². The van der Waals surface area contributed by atoms with Gasteiger partial charge in [0.15, 0.2) is 11.5 Å². The molecule has 0 bridgehead atoms. The number of methoxy groups -OCH3 is 2. The fourth-order valence-electron chi connectivity index (χ4n) is 2.79. The Bertz CT molecular complexity index is 803. The predicted molar refractivity (Wildman–Crippen MR) is 92.6 cm³/mol. The van der Waals surface area contributed by atoms with Gasteiger partial charge in [0.1, 0.15) is 5.15 Å². The smallest absolute Gasteiger partial charge is 0.259 e. The Morgan fingerprint density at radius 2 is 1.96 bits per heavy atom. The first-order valence-electron chi connectivity index (χ1n) is 7.42. The number of benzene rings is 1. The molecule has 0 saturated carbocycles. The quantitative estimate of drug-likeness (QED) is 0.800. The molecule has 1 amide bonds. The van der Waals surface area contributed by atoms with E-state index in [1.54, 1.807) is 31.3 Å². The van der Waals surface area contributed by atoms with Crippen molar-refractivity contribution in [2.24, 2.45) is 0 Å². The second kappa shape index (κ2) is 6.53. The summed E-state index contributed by atoms with van der Waals surface area (Å²) in [6, 6.07) is 7.06. The van der Waals surface area contributed by atoms with Gasteiger partial charge in [-0.05, 0) is 36.2 Å². The van der Waals surface area contributed by atoms with Gasteiger partial charge in [-0.15, -0.1) is 0 Å². The van der Waals surface area contributed by atoms with Crippen molar-refractivity contribution in [1.29, 1.82) is 0 Å². The number of hydrogen-bond acceptors (Lipinski definition) is 4. The number of amides is 1. The number of ether oxygens (including phenoxy) is 2. The fourth-order valence-corrected chi connectivity index (χ4v) is 2.90. The summed E-state index contributed by atoms with van der Waals surface area (Å²) >= 11 is 5.78. The number of pyridine rings is 1. The Kier molecular flexibility index (Phi) is 4.44. The number of carbonyl (C=O) groups excluding carboxylic acids is 1. The normalized spacial score (nSPS) is 13.5. The van der Waals surface area contributed by atoms with E-state index in [-0.39, 0.29) is 5.91 Å². The Labute approximate surface area is 145 Å². The average Bonchev–Trinajstić information content (AvgIpc) is 2.61. The Balaban J connectivity index is 1.94. The maximum atomic E-state index is 12.7. The molecule has 0 radical (unpaired) electrons. The zero-order valence-electron chi connectivity index (χ0n) is 13.5. The van der Waals surface area contributed by atoms with E-state index in [0.717, 1.165) is 11.1 Å². The molecule has 0 saturated heterocycles. The monoisotopic (exact) mass is 344 g/mol. The molecule has 0 fully saturated rings. The van der Waals surface area contributed by atoms with Gasteiger partial charge in [0.2, 0.25) is 0 Å². The van der Waals surface area contributed by atoms with Crippen molar-refractivity contribution in [1.82, 2.24) is 9.88 Å². The van der Waals surface area contributed by atoms with Crippen molar-refractivity contribution in [3.63, 3.8) is 0 Å². The van der Waals surface area contributed by atoms with Gasteiger partial charge >= 0.3 is 0 Å². The molecule has 5 nitrogen and oxygen atoms in total. The second-order valence-corrected chi connectivity index (χ2v) is 5.77. The molecule has 2 heterocycles. The third-order valence-corrected chi connectivity index (χ3v) is 4.29. The molecular formula is C18H17ClN2O3. The molecule has 1 aromatic carbocycles. The molecule has 0 aliphatic carbocycles. The molecule has 0 unspecified atom stereocenters. The molecule has 0 N–H and O–H groups in total. The van der Waals surface area contributed by atoms with E-state index in [1.165, 1.54) is 6.20 Å². The molecule has 1 aliphatic heterocycles. The molecule has 24 heavy (non-hydrogen) atoms. The molecule has 1 aromatic heterocycles. The standard InChI is InChI=1S/C18H17ClN2O3/c1-11-14-9-16(24-3)15(23-2)8-12(14)6-7-21(11)18(22)13-4-5-17(19)20-10-13/h4-5,8-10H,1,6-7H2,2-3H3. The summed E-state index contributed by atoms with van der Waals surface area (Å²) in [5.41, 5.74) is 3.08. The van der Waals surface area contributed by atoms with Crippen LogP contribution in [-0.2, 0) is 6.42 Å². The zero-order valence-corrected chi connectivity index (χ0v) is 14.3.